The monoisotopic (exact) mass is 328 g/mol. The van der Waals surface area contributed by atoms with E-state index in [0.717, 1.165) is 24.4 Å². The van der Waals surface area contributed by atoms with Gasteiger partial charge in [-0.15, -0.1) is 0 Å². The second-order valence-corrected chi connectivity index (χ2v) is 6.14. The van der Waals surface area contributed by atoms with Crippen molar-refractivity contribution in [3.05, 3.63) is 54.2 Å². The van der Waals surface area contributed by atoms with Crippen LogP contribution in [-0.2, 0) is 0 Å². The first-order valence-electron chi connectivity index (χ1n) is 8.46. The van der Waals surface area contributed by atoms with Gasteiger partial charge in [-0.1, -0.05) is 6.07 Å². The fourth-order valence-electron chi connectivity index (χ4n) is 3.10. The molecule has 3 rings (SSSR count). The van der Waals surface area contributed by atoms with Crippen molar-refractivity contribution in [2.75, 3.05) is 19.6 Å². The van der Waals surface area contributed by atoms with Crippen LogP contribution in [0.2, 0.25) is 0 Å². The van der Waals surface area contributed by atoms with Crippen molar-refractivity contribution in [3.8, 4) is 0 Å². The van der Waals surface area contributed by atoms with Gasteiger partial charge in [0.2, 0.25) is 0 Å². The van der Waals surface area contributed by atoms with Crippen LogP contribution < -0.4 is 10.6 Å². The van der Waals surface area contributed by atoms with Crippen LogP contribution in [0, 0.1) is 0 Å². The maximum absolute atomic E-state index is 12.2. The second-order valence-electron chi connectivity index (χ2n) is 6.14. The molecule has 0 saturated carbocycles. The molecule has 0 radical (unpaired) electrons. The van der Waals surface area contributed by atoms with Crippen LogP contribution in [0.4, 0.5) is 4.79 Å². The summed E-state index contributed by atoms with van der Waals surface area (Å²) in [6.45, 7) is 4.56. The van der Waals surface area contributed by atoms with Gasteiger partial charge in [0, 0.05) is 18.9 Å². The summed E-state index contributed by atoms with van der Waals surface area (Å²) in [7, 11) is 0. The third kappa shape index (κ3) is 4.14. The van der Waals surface area contributed by atoms with Crippen LogP contribution in [0.15, 0.2) is 47.3 Å². The highest BCUT2D eigenvalue weighted by molar-refractivity contribution is 5.74. The van der Waals surface area contributed by atoms with Crippen molar-refractivity contribution >= 4 is 6.03 Å². The molecule has 0 unspecified atom stereocenters. The highest BCUT2D eigenvalue weighted by Crippen LogP contribution is 2.24. The Labute approximate surface area is 142 Å². The lowest BCUT2D eigenvalue weighted by Crippen LogP contribution is -2.42. The molecule has 128 valence electrons. The Balaban J connectivity index is 1.55. The summed E-state index contributed by atoms with van der Waals surface area (Å²) >= 11 is 0. The standard InChI is InChI=1S/C18H24N4O2/c1-14(15-6-4-8-19-12-15)21-18(23)20-13-16(17-7-5-11-24-17)22-9-2-3-10-22/h4-8,11-12,14,16H,2-3,9-10,13H2,1H3,(H2,20,21,23)/t14-,16+/m0/s1. The van der Waals surface area contributed by atoms with Crippen molar-refractivity contribution in [3.63, 3.8) is 0 Å². The summed E-state index contributed by atoms with van der Waals surface area (Å²) in [5, 5.41) is 5.92. The summed E-state index contributed by atoms with van der Waals surface area (Å²) in [6.07, 6.45) is 7.56. The number of hydrogen-bond acceptors (Lipinski definition) is 4. The number of rotatable bonds is 6. The molecule has 6 heteroatoms. The van der Waals surface area contributed by atoms with Crippen LogP contribution in [0.1, 0.15) is 43.2 Å². The molecular formula is C18H24N4O2. The van der Waals surface area contributed by atoms with Gasteiger partial charge in [-0.25, -0.2) is 4.79 Å². The molecule has 0 aromatic carbocycles. The van der Waals surface area contributed by atoms with E-state index < -0.39 is 0 Å². The number of aromatic nitrogens is 1. The highest BCUT2D eigenvalue weighted by atomic mass is 16.3. The van der Waals surface area contributed by atoms with Gasteiger partial charge in [-0.05, 0) is 56.6 Å². The molecule has 1 fully saturated rings. The molecule has 2 N–H and O–H groups in total. The zero-order valence-electron chi connectivity index (χ0n) is 13.9. The number of carbonyl (C=O) groups excluding carboxylic acids is 1. The van der Waals surface area contributed by atoms with Crippen molar-refractivity contribution < 1.29 is 9.21 Å². The van der Waals surface area contributed by atoms with Gasteiger partial charge in [-0.2, -0.15) is 0 Å². The maximum atomic E-state index is 12.2. The molecule has 1 aliphatic rings. The Morgan fingerprint density at radius 1 is 1.33 bits per heavy atom. The predicted molar refractivity (Wildman–Crippen MR) is 91.4 cm³/mol. The van der Waals surface area contributed by atoms with Gasteiger partial charge in [0.05, 0.1) is 18.3 Å². The van der Waals surface area contributed by atoms with E-state index in [1.54, 1.807) is 18.7 Å². The molecule has 1 saturated heterocycles. The van der Waals surface area contributed by atoms with E-state index in [0.29, 0.717) is 6.54 Å². The molecule has 3 heterocycles. The van der Waals surface area contributed by atoms with Gasteiger partial charge in [0.25, 0.3) is 0 Å². The first kappa shape index (κ1) is 16.5. The number of hydrogen-bond donors (Lipinski definition) is 2. The minimum absolute atomic E-state index is 0.0851. The van der Waals surface area contributed by atoms with E-state index in [1.807, 2.05) is 31.2 Å². The van der Waals surface area contributed by atoms with E-state index >= 15 is 0 Å². The topological polar surface area (TPSA) is 70.4 Å². The largest absolute Gasteiger partial charge is 0.468 e. The molecule has 0 aliphatic carbocycles. The average molecular weight is 328 g/mol. The maximum Gasteiger partial charge on any atom is 0.315 e. The minimum atomic E-state index is -0.179. The van der Waals surface area contributed by atoms with E-state index in [9.17, 15) is 4.79 Å². The lowest BCUT2D eigenvalue weighted by molar-refractivity contribution is 0.202. The van der Waals surface area contributed by atoms with Gasteiger partial charge in [0.1, 0.15) is 5.76 Å². The zero-order valence-corrected chi connectivity index (χ0v) is 13.9. The van der Waals surface area contributed by atoms with Crippen molar-refractivity contribution in [2.45, 2.75) is 31.8 Å². The smallest absolute Gasteiger partial charge is 0.315 e. The number of carbonyl (C=O) groups is 1. The molecular weight excluding hydrogens is 304 g/mol. The summed E-state index contributed by atoms with van der Waals surface area (Å²) in [5.74, 6) is 0.900. The van der Waals surface area contributed by atoms with Crippen LogP contribution >= 0.6 is 0 Å². The molecule has 24 heavy (non-hydrogen) atoms. The Morgan fingerprint density at radius 2 is 2.17 bits per heavy atom. The number of nitrogens with zero attached hydrogens (tertiary/aromatic N) is 2. The molecule has 2 amide bonds. The summed E-state index contributed by atoms with van der Waals surface area (Å²) in [6, 6.07) is 7.50. The predicted octanol–water partition coefficient (Wildman–Crippen LogP) is 2.87. The molecule has 2 aromatic rings. The lowest BCUT2D eigenvalue weighted by Gasteiger charge is -2.26. The van der Waals surface area contributed by atoms with Gasteiger partial charge in [0.15, 0.2) is 0 Å². The van der Waals surface area contributed by atoms with Crippen molar-refractivity contribution in [1.82, 2.24) is 20.5 Å². The SMILES string of the molecule is C[C@H](NC(=O)NC[C@H](c1ccco1)N1CCCC1)c1cccnc1. The summed E-state index contributed by atoms with van der Waals surface area (Å²) in [5.41, 5.74) is 0.981. The number of nitrogens with one attached hydrogen (secondary N) is 2. The summed E-state index contributed by atoms with van der Waals surface area (Å²) in [4.78, 5) is 18.7. The van der Waals surface area contributed by atoms with E-state index in [4.69, 9.17) is 4.42 Å². The first-order valence-corrected chi connectivity index (χ1v) is 8.46. The van der Waals surface area contributed by atoms with Crippen LogP contribution in [0.25, 0.3) is 0 Å². The highest BCUT2D eigenvalue weighted by Gasteiger charge is 2.26. The number of urea groups is 1. The lowest BCUT2D eigenvalue weighted by atomic mass is 10.1. The van der Waals surface area contributed by atoms with Crippen LogP contribution in [0.5, 0.6) is 0 Å². The second kappa shape index (κ2) is 7.97. The molecule has 6 nitrogen and oxygen atoms in total. The normalized spacial score (nSPS) is 17.4. The molecule has 2 aromatic heterocycles. The number of pyridine rings is 1. The average Bonchev–Trinajstić information content (AvgIpc) is 3.30. The van der Waals surface area contributed by atoms with Crippen LogP contribution in [-0.4, -0.2) is 35.5 Å². The Bertz CT molecular complexity index is 624. The van der Waals surface area contributed by atoms with E-state index in [-0.39, 0.29) is 18.1 Å². The van der Waals surface area contributed by atoms with Gasteiger partial charge >= 0.3 is 6.03 Å². The van der Waals surface area contributed by atoms with Gasteiger partial charge < -0.3 is 15.1 Å². The fourth-order valence-corrected chi connectivity index (χ4v) is 3.10. The Kier molecular flexibility index (Phi) is 5.48. The fraction of sp³-hybridized carbons (Fsp3) is 0.444. The van der Waals surface area contributed by atoms with Crippen molar-refractivity contribution in [2.24, 2.45) is 0 Å². The summed E-state index contributed by atoms with van der Waals surface area (Å²) < 4.78 is 5.57. The first-order chi connectivity index (χ1) is 11.7. The number of furan rings is 1. The zero-order chi connectivity index (χ0) is 16.8. The number of likely N-dealkylation sites (tertiary alicyclic amines) is 1. The Morgan fingerprint density at radius 3 is 2.83 bits per heavy atom. The molecule has 0 spiro atoms. The Hall–Kier alpha value is -2.34. The molecule has 1 aliphatic heterocycles. The third-order valence-corrected chi connectivity index (χ3v) is 4.44. The third-order valence-electron chi connectivity index (χ3n) is 4.44. The quantitative estimate of drug-likeness (QED) is 0.855. The van der Waals surface area contributed by atoms with E-state index in [2.05, 4.69) is 20.5 Å². The van der Waals surface area contributed by atoms with Crippen molar-refractivity contribution in [1.29, 1.82) is 0 Å². The van der Waals surface area contributed by atoms with Gasteiger partial charge in [-0.3, -0.25) is 9.88 Å². The number of amides is 2. The van der Waals surface area contributed by atoms with Crippen LogP contribution in [0.3, 0.4) is 0 Å². The molecule has 0 bridgehead atoms. The molecule has 2 atom stereocenters. The van der Waals surface area contributed by atoms with E-state index in [1.165, 1.54) is 12.8 Å². The minimum Gasteiger partial charge on any atom is -0.468 e.